The summed E-state index contributed by atoms with van der Waals surface area (Å²) in [6, 6.07) is 11.4. The van der Waals surface area contributed by atoms with Crippen LogP contribution in [0.4, 0.5) is 10.6 Å². The SMILES string of the molecule is CC(C)c1cc(NC(=O)NCc2nnc3n2CCC3)n(-c2ccccc2)n1. The molecule has 8 heteroatoms. The van der Waals surface area contributed by atoms with Crippen molar-refractivity contribution in [3.05, 3.63) is 53.7 Å². The number of nitrogens with one attached hydrogen (secondary N) is 2. The fraction of sp³-hybridized carbons (Fsp3) is 0.368. The number of hydrogen-bond donors (Lipinski definition) is 2. The molecule has 1 aliphatic heterocycles. The summed E-state index contributed by atoms with van der Waals surface area (Å²) in [5.74, 6) is 2.68. The van der Waals surface area contributed by atoms with Gasteiger partial charge in [-0.15, -0.1) is 10.2 Å². The summed E-state index contributed by atoms with van der Waals surface area (Å²) in [5.41, 5.74) is 1.82. The lowest BCUT2D eigenvalue weighted by Crippen LogP contribution is -2.30. The van der Waals surface area contributed by atoms with E-state index in [1.165, 1.54) is 0 Å². The van der Waals surface area contributed by atoms with E-state index in [2.05, 4.69) is 44.3 Å². The Hall–Kier alpha value is -3.16. The number of carbonyl (C=O) groups excluding carboxylic acids is 1. The highest BCUT2D eigenvalue weighted by molar-refractivity contribution is 5.88. The van der Waals surface area contributed by atoms with Gasteiger partial charge in [-0.05, 0) is 24.5 Å². The number of aryl methyl sites for hydroxylation is 1. The Morgan fingerprint density at radius 1 is 1.22 bits per heavy atom. The smallest absolute Gasteiger partial charge is 0.320 e. The minimum absolute atomic E-state index is 0.261. The monoisotopic (exact) mass is 365 g/mol. The number of rotatable bonds is 5. The molecule has 2 amide bonds. The lowest BCUT2D eigenvalue weighted by Gasteiger charge is -2.10. The van der Waals surface area contributed by atoms with Crippen LogP contribution in [0.2, 0.25) is 0 Å². The van der Waals surface area contributed by atoms with Crippen molar-refractivity contribution in [2.75, 3.05) is 5.32 Å². The fourth-order valence-corrected chi connectivity index (χ4v) is 3.20. The van der Waals surface area contributed by atoms with Gasteiger partial charge in [-0.25, -0.2) is 9.48 Å². The van der Waals surface area contributed by atoms with Crippen LogP contribution in [0.25, 0.3) is 5.69 Å². The Morgan fingerprint density at radius 2 is 2.04 bits per heavy atom. The maximum atomic E-state index is 12.4. The van der Waals surface area contributed by atoms with Gasteiger partial charge in [0.1, 0.15) is 11.6 Å². The molecule has 4 rings (SSSR count). The van der Waals surface area contributed by atoms with Crippen molar-refractivity contribution in [3.8, 4) is 5.69 Å². The van der Waals surface area contributed by atoms with Crippen LogP contribution >= 0.6 is 0 Å². The third-order valence-corrected chi connectivity index (χ3v) is 4.66. The third kappa shape index (κ3) is 3.55. The van der Waals surface area contributed by atoms with E-state index in [0.29, 0.717) is 12.4 Å². The molecule has 0 aliphatic carbocycles. The topological polar surface area (TPSA) is 89.7 Å². The predicted molar refractivity (Wildman–Crippen MR) is 102 cm³/mol. The lowest BCUT2D eigenvalue weighted by atomic mass is 10.1. The van der Waals surface area contributed by atoms with E-state index >= 15 is 0 Å². The third-order valence-electron chi connectivity index (χ3n) is 4.66. The van der Waals surface area contributed by atoms with Crippen LogP contribution in [-0.4, -0.2) is 30.6 Å². The molecule has 0 saturated carbocycles. The van der Waals surface area contributed by atoms with E-state index in [1.807, 2.05) is 36.4 Å². The second kappa shape index (κ2) is 7.22. The molecule has 0 radical (unpaired) electrons. The first-order valence-corrected chi connectivity index (χ1v) is 9.23. The predicted octanol–water partition coefficient (Wildman–Crippen LogP) is 2.86. The minimum atomic E-state index is -0.294. The van der Waals surface area contributed by atoms with Gasteiger partial charge in [0.15, 0.2) is 5.82 Å². The van der Waals surface area contributed by atoms with Crippen molar-refractivity contribution in [2.24, 2.45) is 0 Å². The quantitative estimate of drug-likeness (QED) is 0.727. The number of anilines is 1. The molecule has 2 aromatic heterocycles. The second-order valence-corrected chi connectivity index (χ2v) is 6.95. The molecule has 1 aliphatic rings. The van der Waals surface area contributed by atoms with Gasteiger partial charge in [0.05, 0.1) is 17.9 Å². The van der Waals surface area contributed by atoms with Crippen LogP contribution in [0.5, 0.6) is 0 Å². The van der Waals surface area contributed by atoms with E-state index in [9.17, 15) is 4.79 Å². The highest BCUT2D eigenvalue weighted by Crippen LogP contribution is 2.22. The van der Waals surface area contributed by atoms with Gasteiger partial charge in [0.25, 0.3) is 0 Å². The van der Waals surface area contributed by atoms with Crippen molar-refractivity contribution >= 4 is 11.8 Å². The zero-order valence-corrected chi connectivity index (χ0v) is 15.5. The van der Waals surface area contributed by atoms with E-state index < -0.39 is 0 Å². The zero-order chi connectivity index (χ0) is 18.8. The van der Waals surface area contributed by atoms with Crippen molar-refractivity contribution in [3.63, 3.8) is 0 Å². The number of para-hydroxylation sites is 1. The molecule has 0 fully saturated rings. The van der Waals surface area contributed by atoms with Crippen molar-refractivity contribution in [1.82, 2.24) is 29.9 Å². The van der Waals surface area contributed by atoms with Crippen LogP contribution in [0.3, 0.4) is 0 Å². The van der Waals surface area contributed by atoms with Crippen LogP contribution in [-0.2, 0) is 19.5 Å². The van der Waals surface area contributed by atoms with Crippen molar-refractivity contribution in [2.45, 2.75) is 45.7 Å². The summed E-state index contributed by atoms with van der Waals surface area (Å²) in [4.78, 5) is 12.4. The number of nitrogens with zero attached hydrogens (tertiary/aromatic N) is 5. The molecular formula is C19H23N7O. The van der Waals surface area contributed by atoms with Crippen LogP contribution in [0.15, 0.2) is 36.4 Å². The number of amides is 2. The second-order valence-electron chi connectivity index (χ2n) is 6.95. The standard InChI is InChI=1S/C19H23N7O/c1-13(2)15-11-17(26(24-15)14-7-4-3-5-8-14)21-19(27)20-12-18-23-22-16-9-6-10-25(16)18/h3-5,7-8,11,13H,6,9-10,12H2,1-2H3,(H2,20,21,27). The molecule has 0 bridgehead atoms. The summed E-state index contributed by atoms with van der Waals surface area (Å²) < 4.78 is 3.83. The first-order valence-electron chi connectivity index (χ1n) is 9.23. The van der Waals surface area contributed by atoms with Gasteiger partial charge in [-0.3, -0.25) is 5.32 Å². The molecule has 3 aromatic rings. The summed E-state index contributed by atoms with van der Waals surface area (Å²) in [6.45, 7) is 5.41. The Labute approximate surface area is 157 Å². The Kier molecular flexibility index (Phi) is 4.62. The average Bonchev–Trinajstić information content (AvgIpc) is 3.37. The van der Waals surface area contributed by atoms with Gasteiger partial charge in [-0.2, -0.15) is 5.10 Å². The first-order chi connectivity index (χ1) is 13.1. The molecule has 1 aromatic carbocycles. The Morgan fingerprint density at radius 3 is 2.81 bits per heavy atom. The van der Waals surface area contributed by atoms with Crippen molar-refractivity contribution < 1.29 is 4.79 Å². The van der Waals surface area contributed by atoms with E-state index in [0.717, 1.165) is 42.4 Å². The van der Waals surface area contributed by atoms with Gasteiger partial charge < -0.3 is 9.88 Å². The molecule has 0 spiro atoms. The average molecular weight is 365 g/mol. The molecule has 0 saturated heterocycles. The lowest BCUT2D eigenvalue weighted by molar-refractivity contribution is 0.251. The maximum Gasteiger partial charge on any atom is 0.320 e. The summed E-state index contributed by atoms with van der Waals surface area (Å²) in [6.07, 6.45) is 2.03. The van der Waals surface area contributed by atoms with Crippen LogP contribution < -0.4 is 10.6 Å². The highest BCUT2D eigenvalue weighted by Gasteiger charge is 2.18. The molecule has 140 valence electrons. The molecular weight excluding hydrogens is 342 g/mol. The Bertz CT molecular complexity index is 942. The number of urea groups is 1. The molecule has 0 atom stereocenters. The summed E-state index contributed by atoms with van der Waals surface area (Å²) >= 11 is 0. The largest absolute Gasteiger partial charge is 0.331 e. The number of benzene rings is 1. The fourth-order valence-electron chi connectivity index (χ4n) is 3.20. The number of aromatic nitrogens is 5. The molecule has 8 nitrogen and oxygen atoms in total. The number of carbonyl (C=O) groups is 1. The molecule has 3 heterocycles. The van der Waals surface area contributed by atoms with E-state index in [-0.39, 0.29) is 11.9 Å². The van der Waals surface area contributed by atoms with E-state index in [4.69, 9.17) is 0 Å². The van der Waals surface area contributed by atoms with Gasteiger partial charge in [-0.1, -0.05) is 32.0 Å². The number of hydrogen-bond acceptors (Lipinski definition) is 4. The van der Waals surface area contributed by atoms with E-state index in [1.54, 1.807) is 4.68 Å². The summed E-state index contributed by atoms with van der Waals surface area (Å²) in [5, 5.41) is 18.7. The summed E-state index contributed by atoms with van der Waals surface area (Å²) in [7, 11) is 0. The normalized spacial score (nSPS) is 13.0. The van der Waals surface area contributed by atoms with Crippen molar-refractivity contribution in [1.29, 1.82) is 0 Å². The van der Waals surface area contributed by atoms with Gasteiger partial charge in [0, 0.05) is 19.0 Å². The van der Waals surface area contributed by atoms with Gasteiger partial charge in [0.2, 0.25) is 0 Å². The first kappa shape index (κ1) is 17.3. The minimum Gasteiger partial charge on any atom is -0.331 e. The molecule has 27 heavy (non-hydrogen) atoms. The highest BCUT2D eigenvalue weighted by atomic mass is 16.2. The van der Waals surface area contributed by atoms with Gasteiger partial charge >= 0.3 is 6.03 Å². The van der Waals surface area contributed by atoms with Crippen LogP contribution in [0, 0.1) is 0 Å². The molecule has 2 N–H and O–H groups in total. The Balaban J connectivity index is 1.48. The zero-order valence-electron chi connectivity index (χ0n) is 15.5. The molecule has 0 unspecified atom stereocenters. The van der Waals surface area contributed by atoms with Crippen LogP contribution in [0.1, 0.15) is 43.5 Å². The maximum absolute atomic E-state index is 12.4. The number of fused-ring (bicyclic) bond motifs is 1.